The van der Waals surface area contributed by atoms with Crippen LogP contribution in [0.2, 0.25) is 0 Å². The van der Waals surface area contributed by atoms with E-state index in [0.29, 0.717) is 6.54 Å². The summed E-state index contributed by atoms with van der Waals surface area (Å²) >= 11 is 1.39. The maximum absolute atomic E-state index is 12.3. The molecule has 0 radical (unpaired) electrons. The molecule has 1 aliphatic rings. The molecule has 0 bridgehead atoms. The molecule has 1 amide bonds. The predicted octanol–water partition coefficient (Wildman–Crippen LogP) is 0.860. The second kappa shape index (κ2) is 6.72. The van der Waals surface area contributed by atoms with Crippen molar-refractivity contribution in [2.45, 2.75) is 20.3 Å². The zero-order valence-electron chi connectivity index (χ0n) is 13.0. The number of hydrogen-bond acceptors (Lipinski definition) is 6. The second-order valence-electron chi connectivity index (χ2n) is 5.45. The number of rotatable bonds is 5. The summed E-state index contributed by atoms with van der Waals surface area (Å²) in [6.07, 6.45) is 0.952. The van der Waals surface area contributed by atoms with Gasteiger partial charge in [0.05, 0.1) is 13.2 Å². The van der Waals surface area contributed by atoms with Gasteiger partial charge in [-0.2, -0.15) is 0 Å². The average molecular weight is 323 g/mol. The average Bonchev–Trinajstić information content (AvgIpc) is 3.06. The van der Waals surface area contributed by atoms with E-state index in [1.54, 1.807) is 0 Å². The van der Waals surface area contributed by atoms with Crippen LogP contribution in [0.25, 0.3) is 4.96 Å². The molecule has 0 unspecified atom stereocenters. The number of nitrogens with one attached hydrogen (secondary N) is 1. The molecule has 7 nitrogen and oxygen atoms in total. The Balaban J connectivity index is 1.51. The molecule has 1 saturated heterocycles. The Labute approximate surface area is 133 Å². The van der Waals surface area contributed by atoms with E-state index in [9.17, 15) is 4.79 Å². The van der Waals surface area contributed by atoms with Crippen molar-refractivity contribution in [3.63, 3.8) is 0 Å². The summed E-state index contributed by atoms with van der Waals surface area (Å²) in [7, 11) is 0. The van der Waals surface area contributed by atoms with Gasteiger partial charge in [-0.05, 0) is 26.8 Å². The van der Waals surface area contributed by atoms with Crippen molar-refractivity contribution >= 4 is 22.2 Å². The number of aryl methyl sites for hydroxylation is 2. The van der Waals surface area contributed by atoms with Gasteiger partial charge in [0.1, 0.15) is 10.7 Å². The molecule has 1 N–H and O–H groups in total. The molecule has 1 fully saturated rings. The van der Waals surface area contributed by atoms with Crippen molar-refractivity contribution in [3.05, 3.63) is 16.4 Å². The van der Waals surface area contributed by atoms with E-state index < -0.39 is 0 Å². The fourth-order valence-electron chi connectivity index (χ4n) is 2.68. The Bertz CT molecular complexity index is 660. The van der Waals surface area contributed by atoms with Crippen LogP contribution < -0.4 is 5.32 Å². The minimum atomic E-state index is -0.0191. The third-order valence-electron chi connectivity index (χ3n) is 3.90. The lowest BCUT2D eigenvalue weighted by molar-refractivity contribution is 0.0374. The van der Waals surface area contributed by atoms with E-state index in [-0.39, 0.29) is 5.91 Å². The lowest BCUT2D eigenvalue weighted by atomic mass is 10.3. The number of carbonyl (C=O) groups excluding carboxylic acids is 1. The highest BCUT2D eigenvalue weighted by atomic mass is 32.1. The van der Waals surface area contributed by atoms with Crippen molar-refractivity contribution in [1.82, 2.24) is 24.8 Å². The first-order valence-electron chi connectivity index (χ1n) is 7.56. The fourth-order valence-corrected chi connectivity index (χ4v) is 3.71. The van der Waals surface area contributed by atoms with E-state index in [4.69, 9.17) is 4.74 Å². The zero-order chi connectivity index (χ0) is 15.5. The second-order valence-corrected chi connectivity index (χ2v) is 6.42. The molecule has 0 spiro atoms. The van der Waals surface area contributed by atoms with Crippen LogP contribution in [0.4, 0.5) is 0 Å². The van der Waals surface area contributed by atoms with Crippen LogP contribution in [-0.4, -0.2) is 64.8 Å². The third-order valence-corrected chi connectivity index (χ3v) is 5.03. The molecule has 0 saturated carbocycles. The van der Waals surface area contributed by atoms with Crippen LogP contribution in [0.1, 0.15) is 27.6 Å². The Morgan fingerprint density at radius 2 is 2.09 bits per heavy atom. The van der Waals surface area contributed by atoms with Gasteiger partial charge in [0.15, 0.2) is 0 Å². The van der Waals surface area contributed by atoms with Gasteiger partial charge < -0.3 is 10.1 Å². The summed E-state index contributed by atoms with van der Waals surface area (Å²) in [6.45, 7) is 9.11. The van der Waals surface area contributed by atoms with Gasteiger partial charge in [-0.1, -0.05) is 11.3 Å². The quantitative estimate of drug-likeness (QED) is 0.826. The summed E-state index contributed by atoms with van der Waals surface area (Å²) in [6, 6.07) is 0. The third kappa shape index (κ3) is 3.13. The molecule has 2 aromatic heterocycles. The van der Waals surface area contributed by atoms with Crippen molar-refractivity contribution in [2.75, 3.05) is 39.4 Å². The van der Waals surface area contributed by atoms with E-state index in [2.05, 4.69) is 20.4 Å². The lowest BCUT2D eigenvalue weighted by Gasteiger charge is -2.26. The molecule has 2 aromatic rings. The Hall–Kier alpha value is -1.51. The molecule has 1 aliphatic heterocycles. The summed E-state index contributed by atoms with van der Waals surface area (Å²) in [4.78, 5) is 16.2. The molecule has 3 heterocycles. The zero-order valence-corrected chi connectivity index (χ0v) is 13.8. The van der Waals surface area contributed by atoms with Crippen molar-refractivity contribution in [1.29, 1.82) is 0 Å². The van der Waals surface area contributed by atoms with Gasteiger partial charge >= 0.3 is 0 Å². The summed E-state index contributed by atoms with van der Waals surface area (Å²) in [5, 5.41) is 11.1. The number of fused-ring (bicyclic) bond motifs is 1. The van der Waals surface area contributed by atoms with Crippen LogP contribution >= 0.6 is 11.3 Å². The standard InChI is InChI=1S/C14H21N5O2S/c1-10-12(22-14-17-16-11(2)19(10)14)13(20)15-4-3-5-18-6-8-21-9-7-18/h3-9H2,1-2H3,(H,15,20). The van der Waals surface area contributed by atoms with Gasteiger partial charge in [-0.25, -0.2) is 0 Å². The van der Waals surface area contributed by atoms with Crippen molar-refractivity contribution < 1.29 is 9.53 Å². The molecule has 0 aromatic carbocycles. The molecule has 22 heavy (non-hydrogen) atoms. The number of nitrogens with zero attached hydrogens (tertiary/aromatic N) is 4. The summed E-state index contributed by atoms with van der Waals surface area (Å²) < 4.78 is 7.25. The Morgan fingerprint density at radius 3 is 2.82 bits per heavy atom. The maximum atomic E-state index is 12.3. The van der Waals surface area contributed by atoms with Crippen LogP contribution in [-0.2, 0) is 4.74 Å². The largest absolute Gasteiger partial charge is 0.379 e. The topological polar surface area (TPSA) is 71.8 Å². The van der Waals surface area contributed by atoms with E-state index in [1.165, 1.54) is 11.3 Å². The SMILES string of the molecule is Cc1nnc2sc(C(=O)NCCCN3CCOCC3)c(C)n12. The molecule has 8 heteroatoms. The highest BCUT2D eigenvalue weighted by Crippen LogP contribution is 2.22. The van der Waals surface area contributed by atoms with Gasteiger partial charge in [-0.3, -0.25) is 14.1 Å². The molecular formula is C14H21N5O2S. The van der Waals surface area contributed by atoms with Crippen LogP contribution in [0.5, 0.6) is 0 Å². The van der Waals surface area contributed by atoms with E-state index in [0.717, 1.165) is 60.6 Å². The number of ether oxygens (including phenoxy) is 1. The van der Waals surface area contributed by atoms with Gasteiger partial charge in [-0.15, -0.1) is 10.2 Å². The smallest absolute Gasteiger partial charge is 0.263 e. The molecule has 3 rings (SSSR count). The normalized spacial score (nSPS) is 16.3. The first kappa shape index (κ1) is 15.4. The monoisotopic (exact) mass is 323 g/mol. The highest BCUT2D eigenvalue weighted by Gasteiger charge is 2.18. The number of morpholine rings is 1. The minimum Gasteiger partial charge on any atom is -0.379 e. The minimum absolute atomic E-state index is 0.0191. The van der Waals surface area contributed by atoms with E-state index in [1.807, 2.05) is 18.2 Å². The van der Waals surface area contributed by atoms with Gasteiger partial charge in [0.25, 0.3) is 5.91 Å². The Morgan fingerprint density at radius 1 is 1.32 bits per heavy atom. The number of carbonyl (C=O) groups is 1. The number of aromatic nitrogens is 3. The molecular weight excluding hydrogens is 302 g/mol. The maximum Gasteiger partial charge on any atom is 0.263 e. The summed E-state index contributed by atoms with van der Waals surface area (Å²) in [5.41, 5.74) is 0.910. The number of hydrogen-bond donors (Lipinski definition) is 1. The van der Waals surface area contributed by atoms with Gasteiger partial charge in [0.2, 0.25) is 4.96 Å². The molecule has 0 aliphatic carbocycles. The Kier molecular flexibility index (Phi) is 4.70. The molecule has 120 valence electrons. The lowest BCUT2D eigenvalue weighted by Crippen LogP contribution is -2.38. The predicted molar refractivity (Wildman–Crippen MR) is 84.5 cm³/mol. The number of amides is 1. The number of thiazole rings is 1. The van der Waals surface area contributed by atoms with Crippen LogP contribution in [0.15, 0.2) is 0 Å². The van der Waals surface area contributed by atoms with Gasteiger partial charge in [0, 0.05) is 25.3 Å². The summed E-state index contributed by atoms with van der Waals surface area (Å²) in [5.74, 6) is 0.796. The van der Waals surface area contributed by atoms with Crippen molar-refractivity contribution in [3.8, 4) is 0 Å². The first-order valence-corrected chi connectivity index (χ1v) is 8.38. The van der Waals surface area contributed by atoms with Crippen LogP contribution in [0, 0.1) is 13.8 Å². The van der Waals surface area contributed by atoms with E-state index >= 15 is 0 Å². The highest BCUT2D eigenvalue weighted by molar-refractivity contribution is 7.19. The fraction of sp³-hybridized carbons (Fsp3) is 0.643. The van der Waals surface area contributed by atoms with Crippen molar-refractivity contribution in [2.24, 2.45) is 0 Å². The molecule has 0 atom stereocenters. The van der Waals surface area contributed by atoms with Crippen LogP contribution in [0.3, 0.4) is 0 Å². The first-order chi connectivity index (χ1) is 10.7.